The predicted octanol–water partition coefficient (Wildman–Crippen LogP) is 8.36. The summed E-state index contributed by atoms with van der Waals surface area (Å²) in [6.45, 7) is 0.670. The molecule has 0 radical (unpaired) electrons. The van der Waals surface area contributed by atoms with Gasteiger partial charge in [-0.25, -0.2) is 0 Å². The molecule has 3 aromatic rings. The van der Waals surface area contributed by atoms with Crippen molar-refractivity contribution in [1.29, 1.82) is 0 Å². The maximum atomic E-state index is 6.60. The van der Waals surface area contributed by atoms with Gasteiger partial charge in [-0.1, -0.05) is 77.8 Å². The molecule has 0 aliphatic carbocycles. The van der Waals surface area contributed by atoms with Gasteiger partial charge in [-0.3, -0.25) is 0 Å². The zero-order valence-corrected chi connectivity index (χ0v) is 18.9. The number of rotatable bonds is 7. The van der Waals surface area contributed by atoms with E-state index in [1.54, 1.807) is 23.5 Å². The molecule has 0 fully saturated rings. The molecule has 0 N–H and O–H groups in total. The molecule has 0 amide bonds. The molecule has 0 saturated carbocycles. The summed E-state index contributed by atoms with van der Waals surface area (Å²) in [6.07, 6.45) is 6.41. The minimum Gasteiger partial charge on any atom is -0.334 e. The van der Waals surface area contributed by atoms with Gasteiger partial charge in [-0.05, 0) is 47.9 Å². The number of hydrogen-bond acceptors (Lipinski definition) is 3. The van der Waals surface area contributed by atoms with Crippen LogP contribution < -0.4 is 4.90 Å². The number of anilines is 2. The third-order valence-corrected chi connectivity index (χ3v) is 6.94. The molecular weight excluding hydrogens is 425 g/mol. The van der Waals surface area contributed by atoms with Gasteiger partial charge in [0.15, 0.2) is 0 Å². The average Bonchev–Trinajstić information content (AvgIpc) is 2.72. The van der Waals surface area contributed by atoms with Crippen LogP contribution in [-0.4, -0.2) is 12.5 Å². The Hall–Kier alpha value is -1.52. The van der Waals surface area contributed by atoms with Crippen molar-refractivity contribution in [3.8, 4) is 0 Å². The summed E-state index contributed by atoms with van der Waals surface area (Å²) in [6, 6.07) is 24.4. The van der Waals surface area contributed by atoms with Crippen molar-refractivity contribution in [1.82, 2.24) is 0 Å². The molecule has 1 nitrogen and oxygen atoms in total. The summed E-state index contributed by atoms with van der Waals surface area (Å²) < 4.78 is 1.25. The average molecular weight is 446 g/mol. The Morgan fingerprint density at radius 1 is 0.821 bits per heavy atom. The van der Waals surface area contributed by atoms with Crippen molar-refractivity contribution in [2.45, 2.75) is 6.54 Å². The van der Waals surface area contributed by atoms with Crippen LogP contribution in [0.4, 0.5) is 11.4 Å². The van der Waals surface area contributed by atoms with Crippen LogP contribution in [0.1, 0.15) is 11.1 Å². The molecule has 28 heavy (non-hydrogen) atoms. The van der Waals surface area contributed by atoms with Crippen molar-refractivity contribution in [3.05, 3.63) is 98.2 Å². The molecule has 0 bridgehead atoms. The van der Waals surface area contributed by atoms with E-state index < -0.39 is 0 Å². The minimum atomic E-state index is 0.636. The highest BCUT2D eigenvalue weighted by Crippen LogP contribution is 2.41. The quantitative estimate of drug-likeness (QED) is 0.359. The second kappa shape index (κ2) is 10.3. The van der Waals surface area contributed by atoms with E-state index in [2.05, 4.69) is 53.8 Å². The van der Waals surface area contributed by atoms with Gasteiger partial charge in [-0.15, -0.1) is 23.5 Å². The first-order valence-electron chi connectivity index (χ1n) is 8.78. The van der Waals surface area contributed by atoms with Crippen LogP contribution in [0.15, 0.2) is 77.0 Å². The fourth-order valence-corrected chi connectivity index (χ4v) is 4.74. The molecule has 0 spiro atoms. The van der Waals surface area contributed by atoms with E-state index >= 15 is 0 Å². The minimum absolute atomic E-state index is 0.636. The molecule has 144 valence electrons. The van der Waals surface area contributed by atoms with Gasteiger partial charge in [0.2, 0.25) is 0 Å². The zero-order valence-electron chi connectivity index (χ0n) is 15.7. The zero-order chi connectivity index (χ0) is 19.9. The highest BCUT2D eigenvalue weighted by Gasteiger charge is 2.19. The van der Waals surface area contributed by atoms with E-state index in [4.69, 9.17) is 23.2 Å². The van der Waals surface area contributed by atoms with Gasteiger partial charge in [-0.2, -0.15) is 0 Å². The normalized spacial score (nSPS) is 10.6. The predicted molar refractivity (Wildman–Crippen MR) is 130 cm³/mol. The summed E-state index contributed by atoms with van der Waals surface area (Å²) in [7, 11) is 0. The first kappa shape index (κ1) is 21.2. The number of benzene rings is 3. The molecule has 5 heteroatoms. The molecule has 3 rings (SSSR count). The van der Waals surface area contributed by atoms with Crippen LogP contribution in [0.2, 0.25) is 10.0 Å². The van der Waals surface area contributed by atoms with Crippen molar-refractivity contribution in [2.75, 3.05) is 17.4 Å². The number of halogens is 2. The van der Waals surface area contributed by atoms with Crippen LogP contribution in [0.5, 0.6) is 0 Å². The fraction of sp³-hybridized carbons (Fsp3) is 0.130. The summed E-state index contributed by atoms with van der Waals surface area (Å²) in [4.78, 5) is 2.20. The highest BCUT2D eigenvalue weighted by atomic mass is 35.5. The lowest BCUT2D eigenvalue weighted by atomic mass is 10.1. The van der Waals surface area contributed by atoms with Crippen LogP contribution in [0, 0.1) is 0 Å². The Kier molecular flexibility index (Phi) is 7.81. The van der Waals surface area contributed by atoms with E-state index in [9.17, 15) is 0 Å². The summed E-state index contributed by atoms with van der Waals surface area (Å²) >= 11 is 16.7. The Morgan fingerprint density at radius 2 is 1.43 bits per heavy atom. The topological polar surface area (TPSA) is 3.24 Å². The van der Waals surface area contributed by atoms with Gasteiger partial charge >= 0.3 is 0 Å². The molecule has 0 unspecified atom stereocenters. The molecule has 3 aromatic carbocycles. The van der Waals surface area contributed by atoms with Gasteiger partial charge in [0.25, 0.3) is 0 Å². The summed E-state index contributed by atoms with van der Waals surface area (Å²) in [5, 5.41) is 1.27. The second-order valence-corrected chi connectivity index (χ2v) is 8.84. The van der Waals surface area contributed by atoms with Gasteiger partial charge in [0.05, 0.1) is 15.7 Å². The van der Waals surface area contributed by atoms with E-state index in [1.165, 1.54) is 9.80 Å². The maximum Gasteiger partial charge on any atom is 0.0792 e. The van der Waals surface area contributed by atoms with Gasteiger partial charge in [0.1, 0.15) is 0 Å². The SMILES string of the molecule is CSC(=Cc1ccccc1N(Cc1ccccc1)c1c(Cl)cccc1Cl)SC. The van der Waals surface area contributed by atoms with Crippen molar-refractivity contribution >= 4 is 64.2 Å². The van der Waals surface area contributed by atoms with Gasteiger partial charge in [0, 0.05) is 16.5 Å². The Labute approximate surface area is 185 Å². The Balaban J connectivity index is 2.17. The number of para-hydroxylation sites is 2. The third kappa shape index (κ3) is 5.09. The fourth-order valence-electron chi connectivity index (χ4n) is 2.98. The monoisotopic (exact) mass is 445 g/mol. The van der Waals surface area contributed by atoms with E-state index in [1.807, 2.05) is 42.5 Å². The standard InChI is InChI=1S/C23H21Cl2NS2/c1-27-22(28-2)15-18-11-6-7-14-21(18)26(16-17-9-4-3-5-10-17)23-19(24)12-8-13-20(23)25/h3-15H,16H2,1-2H3. The number of hydrogen-bond donors (Lipinski definition) is 0. The van der Waals surface area contributed by atoms with Crippen molar-refractivity contribution in [3.63, 3.8) is 0 Å². The van der Waals surface area contributed by atoms with Crippen LogP contribution >= 0.6 is 46.7 Å². The summed E-state index contributed by atoms with van der Waals surface area (Å²) in [5.41, 5.74) is 4.22. The first-order valence-corrected chi connectivity index (χ1v) is 12.0. The van der Waals surface area contributed by atoms with Crippen LogP contribution in [-0.2, 0) is 6.54 Å². The largest absolute Gasteiger partial charge is 0.334 e. The first-order chi connectivity index (χ1) is 13.6. The molecule has 0 aliphatic heterocycles. The van der Waals surface area contributed by atoms with E-state index in [0.717, 1.165) is 16.9 Å². The van der Waals surface area contributed by atoms with Crippen molar-refractivity contribution < 1.29 is 0 Å². The molecule has 0 saturated heterocycles. The van der Waals surface area contributed by atoms with Crippen LogP contribution in [0.25, 0.3) is 6.08 Å². The Morgan fingerprint density at radius 3 is 2.07 bits per heavy atom. The summed E-state index contributed by atoms with van der Waals surface area (Å²) in [5.74, 6) is 0. The van der Waals surface area contributed by atoms with Crippen LogP contribution in [0.3, 0.4) is 0 Å². The Bertz CT molecular complexity index is 932. The number of nitrogens with zero attached hydrogens (tertiary/aromatic N) is 1. The molecular formula is C23H21Cl2NS2. The maximum absolute atomic E-state index is 6.60. The van der Waals surface area contributed by atoms with E-state index in [-0.39, 0.29) is 0 Å². The van der Waals surface area contributed by atoms with Crippen molar-refractivity contribution in [2.24, 2.45) is 0 Å². The third-order valence-electron chi connectivity index (χ3n) is 4.29. The lowest BCUT2D eigenvalue weighted by Gasteiger charge is -2.29. The second-order valence-electron chi connectivity index (χ2n) is 6.07. The lowest BCUT2D eigenvalue weighted by Crippen LogP contribution is -2.18. The number of thioether (sulfide) groups is 2. The molecule has 0 aliphatic rings. The van der Waals surface area contributed by atoms with E-state index in [0.29, 0.717) is 16.6 Å². The smallest absolute Gasteiger partial charge is 0.0792 e. The molecule has 0 aromatic heterocycles. The van der Waals surface area contributed by atoms with Gasteiger partial charge < -0.3 is 4.90 Å². The molecule has 0 heterocycles. The highest BCUT2D eigenvalue weighted by molar-refractivity contribution is 8.21. The lowest BCUT2D eigenvalue weighted by molar-refractivity contribution is 0.974. The molecule has 0 atom stereocenters.